The quantitative estimate of drug-likeness (QED) is 0.489. The number of nitrogens with one attached hydrogen (secondary N) is 1. The first-order chi connectivity index (χ1) is 15.8. The zero-order valence-electron chi connectivity index (χ0n) is 18.2. The number of rotatable bonds is 8. The highest BCUT2D eigenvalue weighted by Gasteiger charge is 2.47. The van der Waals surface area contributed by atoms with E-state index in [1.165, 1.54) is 31.6 Å². The highest BCUT2D eigenvalue weighted by Crippen LogP contribution is 2.51. The Bertz CT molecular complexity index is 1250. The van der Waals surface area contributed by atoms with Crippen molar-refractivity contribution in [2.45, 2.75) is 43.2 Å². The molecule has 33 heavy (non-hydrogen) atoms. The first-order valence-electron chi connectivity index (χ1n) is 10.4. The van der Waals surface area contributed by atoms with Gasteiger partial charge in [0.1, 0.15) is 18.2 Å². The molecule has 170 valence electrons. The van der Waals surface area contributed by atoms with Gasteiger partial charge in [0, 0.05) is 11.1 Å². The average Bonchev–Trinajstić information content (AvgIpc) is 3.63. The summed E-state index contributed by atoms with van der Waals surface area (Å²) in [4.78, 5) is 13.0. The van der Waals surface area contributed by atoms with E-state index in [9.17, 15) is 19.1 Å². The Balaban J connectivity index is 1.75. The number of halogens is 2. The Morgan fingerprint density at radius 2 is 2.09 bits per heavy atom. The van der Waals surface area contributed by atoms with Crippen molar-refractivity contribution in [1.82, 2.24) is 15.0 Å². The Hall–Kier alpha value is -3.64. The van der Waals surface area contributed by atoms with Crippen LogP contribution in [0.1, 0.15) is 42.5 Å². The summed E-state index contributed by atoms with van der Waals surface area (Å²) in [5, 5.41) is 22.9. The van der Waals surface area contributed by atoms with Gasteiger partial charge < -0.3 is 15.2 Å². The number of nitrogens with zero attached hydrogens (tertiary/aromatic N) is 4. The Kier molecular flexibility index (Phi) is 5.72. The van der Waals surface area contributed by atoms with Gasteiger partial charge in [0.2, 0.25) is 5.88 Å². The Morgan fingerprint density at radius 1 is 1.33 bits per heavy atom. The number of hydrogen-bond acceptors (Lipinski definition) is 7. The molecule has 1 fully saturated rings. The summed E-state index contributed by atoms with van der Waals surface area (Å²) in [5.41, 5.74) is 0.630. The van der Waals surface area contributed by atoms with Crippen LogP contribution in [0.3, 0.4) is 0 Å². The largest absolute Gasteiger partial charge is 0.481 e. The predicted octanol–water partition coefficient (Wildman–Crippen LogP) is 4.40. The molecule has 0 spiro atoms. The van der Waals surface area contributed by atoms with Crippen molar-refractivity contribution in [2.75, 3.05) is 12.4 Å². The van der Waals surface area contributed by atoms with Crippen molar-refractivity contribution in [3.8, 4) is 11.9 Å². The van der Waals surface area contributed by atoms with E-state index in [4.69, 9.17) is 4.74 Å². The fraction of sp³-hybridized carbons (Fsp3) is 0.333. The molecular weight excluding hydrogens is 428 g/mol. The molecule has 2 atom stereocenters. The molecule has 0 unspecified atom stereocenters. The molecular formula is C24H23F2N5O2. The maximum Gasteiger partial charge on any atom is 0.298 e. The smallest absolute Gasteiger partial charge is 0.298 e. The number of nitriles is 1. The lowest BCUT2D eigenvalue weighted by atomic mass is 9.97. The summed E-state index contributed by atoms with van der Waals surface area (Å²) >= 11 is 0. The number of alkyl halides is 2. The fourth-order valence-corrected chi connectivity index (χ4v) is 3.76. The van der Waals surface area contributed by atoms with Gasteiger partial charge in [-0.1, -0.05) is 24.3 Å². The minimum Gasteiger partial charge on any atom is -0.481 e. The van der Waals surface area contributed by atoms with Gasteiger partial charge in [0.25, 0.3) is 5.92 Å². The van der Waals surface area contributed by atoms with Crippen LogP contribution < -0.4 is 10.1 Å². The predicted molar refractivity (Wildman–Crippen MR) is 119 cm³/mol. The first-order valence-corrected chi connectivity index (χ1v) is 10.4. The van der Waals surface area contributed by atoms with Crippen LogP contribution in [0.5, 0.6) is 5.88 Å². The van der Waals surface area contributed by atoms with Crippen molar-refractivity contribution < 1.29 is 18.6 Å². The third-order valence-corrected chi connectivity index (χ3v) is 5.95. The molecule has 2 N–H and O–H groups in total. The van der Waals surface area contributed by atoms with Gasteiger partial charge in [-0.05, 0) is 37.5 Å². The third-order valence-electron chi connectivity index (χ3n) is 5.95. The molecule has 9 heteroatoms. The number of methoxy groups -OCH3 is 1. The monoisotopic (exact) mass is 451 g/mol. The highest BCUT2D eigenvalue weighted by atomic mass is 19.3. The van der Waals surface area contributed by atoms with Crippen LogP contribution >= 0.6 is 0 Å². The maximum atomic E-state index is 14.4. The second-order valence-corrected chi connectivity index (χ2v) is 8.11. The molecule has 1 aromatic carbocycles. The lowest BCUT2D eigenvalue weighted by molar-refractivity contribution is -0.106. The van der Waals surface area contributed by atoms with Gasteiger partial charge in [-0.2, -0.15) is 19.0 Å². The lowest BCUT2D eigenvalue weighted by Crippen LogP contribution is -2.28. The molecule has 1 aliphatic rings. The van der Waals surface area contributed by atoms with E-state index in [2.05, 4.69) is 32.9 Å². The minimum atomic E-state index is -3.39. The van der Waals surface area contributed by atoms with Crippen LogP contribution in [0.15, 0.2) is 49.3 Å². The van der Waals surface area contributed by atoms with E-state index in [1.807, 2.05) is 0 Å². The number of ether oxygens (including phenoxy) is 1. The van der Waals surface area contributed by atoms with Crippen molar-refractivity contribution in [3.05, 3.63) is 66.0 Å². The molecule has 1 aliphatic carbocycles. The zero-order valence-corrected chi connectivity index (χ0v) is 18.2. The second kappa shape index (κ2) is 8.37. The molecule has 2 aromatic heterocycles. The van der Waals surface area contributed by atoms with Gasteiger partial charge in [-0.15, -0.1) is 6.58 Å². The van der Waals surface area contributed by atoms with E-state index in [1.54, 1.807) is 18.2 Å². The van der Waals surface area contributed by atoms with E-state index >= 15 is 0 Å². The van der Waals surface area contributed by atoms with Gasteiger partial charge in [0.15, 0.2) is 5.65 Å². The maximum absolute atomic E-state index is 14.4. The summed E-state index contributed by atoms with van der Waals surface area (Å²) in [6.45, 7) is 4.88. The topological polar surface area (TPSA) is 104 Å². The molecule has 7 nitrogen and oxygen atoms in total. The summed E-state index contributed by atoms with van der Waals surface area (Å²) < 4.78 is 34.1. The lowest BCUT2D eigenvalue weighted by Gasteiger charge is -2.22. The number of anilines is 1. The number of fused-ring (bicyclic) bond motifs is 1. The normalized spacial score (nSPS) is 16.5. The molecule has 1 saturated carbocycles. The van der Waals surface area contributed by atoms with Crippen LogP contribution in [0.25, 0.3) is 11.0 Å². The molecule has 3 aromatic rings. The number of hydrogen-bond donors (Lipinski definition) is 2. The van der Waals surface area contributed by atoms with Crippen LogP contribution in [-0.2, 0) is 11.3 Å². The Morgan fingerprint density at radius 3 is 2.70 bits per heavy atom. The SMILES string of the molecule is C=C[C@@H](Nc1ncnc2nc(OC)c(C3(C#N)CC3)cc12)c1cccc(C(F)(F)[C@@H](C)O)c1. The van der Waals surface area contributed by atoms with Gasteiger partial charge in [-0.25, -0.2) is 9.97 Å². The van der Waals surface area contributed by atoms with Crippen LogP contribution in [0.2, 0.25) is 0 Å². The minimum absolute atomic E-state index is 0.297. The number of aliphatic hydroxyl groups is 1. The average molecular weight is 451 g/mol. The number of pyridine rings is 1. The number of benzene rings is 1. The summed E-state index contributed by atoms with van der Waals surface area (Å²) in [6, 6.07) is 9.38. The summed E-state index contributed by atoms with van der Waals surface area (Å²) in [7, 11) is 1.50. The van der Waals surface area contributed by atoms with E-state index in [0.29, 0.717) is 46.7 Å². The molecule has 0 saturated heterocycles. The molecule has 0 amide bonds. The van der Waals surface area contributed by atoms with E-state index < -0.39 is 23.5 Å². The van der Waals surface area contributed by atoms with Crippen molar-refractivity contribution in [1.29, 1.82) is 5.26 Å². The first kappa shape index (κ1) is 22.6. The van der Waals surface area contributed by atoms with Crippen LogP contribution in [-0.4, -0.2) is 33.3 Å². The highest BCUT2D eigenvalue weighted by molar-refractivity contribution is 5.88. The van der Waals surface area contributed by atoms with Crippen molar-refractivity contribution in [3.63, 3.8) is 0 Å². The second-order valence-electron chi connectivity index (χ2n) is 8.11. The van der Waals surface area contributed by atoms with Gasteiger partial charge in [-0.3, -0.25) is 0 Å². The van der Waals surface area contributed by atoms with E-state index in [0.717, 1.165) is 6.92 Å². The molecule has 0 radical (unpaired) electrons. The standard InChI is InChI=1S/C24H23F2N5O2/c1-4-19(15-6-5-7-16(10-15)24(25,26)14(2)32)30-20-17-11-18(23(12-27)8-9-23)22(33-3)31-21(17)29-13-28-20/h4-7,10-11,13-14,19,32H,1,8-9H2,2-3H3,(H,28,29,30,31)/t14-,19-/m1/s1. The van der Waals surface area contributed by atoms with Gasteiger partial charge in [0.05, 0.1) is 30.0 Å². The van der Waals surface area contributed by atoms with Crippen LogP contribution in [0, 0.1) is 11.3 Å². The molecule has 4 rings (SSSR count). The Labute approximate surface area is 189 Å². The zero-order chi connectivity index (χ0) is 23.8. The number of aliphatic hydroxyl groups excluding tert-OH is 1. The fourth-order valence-electron chi connectivity index (χ4n) is 3.76. The summed E-state index contributed by atoms with van der Waals surface area (Å²) in [5.74, 6) is -2.63. The van der Waals surface area contributed by atoms with Gasteiger partial charge >= 0.3 is 0 Å². The van der Waals surface area contributed by atoms with Crippen LogP contribution in [0.4, 0.5) is 14.6 Å². The van der Waals surface area contributed by atoms with E-state index in [-0.39, 0.29) is 5.56 Å². The molecule has 2 heterocycles. The molecule has 0 bridgehead atoms. The van der Waals surface area contributed by atoms with Crippen molar-refractivity contribution in [2.24, 2.45) is 0 Å². The van der Waals surface area contributed by atoms with Crippen molar-refractivity contribution >= 4 is 16.9 Å². The summed E-state index contributed by atoms with van der Waals surface area (Å²) in [6.07, 6.45) is 2.50. The molecule has 0 aliphatic heterocycles. The third kappa shape index (κ3) is 3.98. The number of aromatic nitrogens is 3.